The standard InChI is InChI=1S/C22H22N2O3/c25-21(24-13-7-2-8-14-24)20(16-9-3-1-4-10-16)27-22(26)19-15-17-11-5-6-12-18(17)23-19/h1,3-6,9-12,15,20,23H,2,7-8,13-14H2/t20-/m0/s1. The van der Waals surface area contributed by atoms with Gasteiger partial charge in [-0.15, -0.1) is 0 Å². The summed E-state index contributed by atoms with van der Waals surface area (Å²) in [5, 5.41) is 0.933. The van der Waals surface area contributed by atoms with Gasteiger partial charge in [-0.25, -0.2) is 4.79 Å². The first-order chi connectivity index (χ1) is 13.2. The van der Waals surface area contributed by atoms with Gasteiger partial charge in [-0.05, 0) is 31.4 Å². The van der Waals surface area contributed by atoms with Gasteiger partial charge >= 0.3 is 5.97 Å². The largest absolute Gasteiger partial charge is 0.443 e. The Morgan fingerprint density at radius 3 is 2.37 bits per heavy atom. The average Bonchev–Trinajstić information content (AvgIpc) is 3.17. The van der Waals surface area contributed by atoms with Crippen molar-refractivity contribution in [2.75, 3.05) is 13.1 Å². The lowest BCUT2D eigenvalue weighted by Gasteiger charge is -2.30. The summed E-state index contributed by atoms with van der Waals surface area (Å²) in [5.41, 5.74) is 1.91. The summed E-state index contributed by atoms with van der Waals surface area (Å²) in [5.74, 6) is -0.671. The number of aromatic nitrogens is 1. The Morgan fingerprint density at radius 1 is 0.926 bits per heavy atom. The summed E-state index contributed by atoms with van der Waals surface area (Å²) in [4.78, 5) is 30.7. The number of aromatic amines is 1. The van der Waals surface area contributed by atoms with Gasteiger partial charge in [0, 0.05) is 29.6 Å². The van der Waals surface area contributed by atoms with E-state index in [-0.39, 0.29) is 5.91 Å². The minimum absolute atomic E-state index is 0.148. The smallest absolute Gasteiger partial charge is 0.355 e. The molecule has 0 bridgehead atoms. The molecule has 1 saturated heterocycles. The van der Waals surface area contributed by atoms with Gasteiger partial charge in [0.05, 0.1) is 0 Å². The summed E-state index contributed by atoms with van der Waals surface area (Å²) in [6, 6.07) is 18.6. The highest BCUT2D eigenvalue weighted by Gasteiger charge is 2.31. The molecule has 1 aromatic heterocycles. The molecular formula is C22H22N2O3. The van der Waals surface area contributed by atoms with Crippen LogP contribution >= 0.6 is 0 Å². The molecule has 1 atom stereocenters. The number of carbonyl (C=O) groups is 2. The maximum absolute atomic E-state index is 13.1. The number of hydrogen-bond donors (Lipinski definition) is 1. The number of esters is 1. The Morgan fingerprint density at radius 2 is 1.63 bits per heavy atom. The molecular weight excluding hydrogens is 340 g/mol. The quantitative estimate of drug-likeness (QED) is 0.712. The third kappa shape index (κ3) is 3.72. The summed E-state index contributed by atoms with van der Waals surface area (Å²) in [6.45, 7) is 1.43. The second kappa shape index (κ2) is 7.66. The van der Waals surface area contributed by atoms with E-state index < -0.39 is 12.1 Å². The van der Waals surface area contributed by atoms with Crippen LogP contribution in [-0.2, 0) is 9.53 Å². The fourth-order valence-electron chi connectivity index (χ4n) is 3.52. The molecule has 27 heavy (non-hydrogen) atoms. The molecule has 5 nitrogen and oxygen atoms in total. The summed E-state index contributed by atoms with van der Waals surface area (Å²) < 4.78 is 5.71. The molecule has 1 aliphatic rings. The third-order valence-electron chi connectivity index (χ3n) is 4.97. The molecule has 1 fully saturated rings. The van der Waals surface area contributed by atoms with Gasteiger partial charge in [-0.2, -0.15) is 0 Å². The van der Waals surface area contributed by atoms with Crippen LogP contribution in [0, 0.1) is 0 Å². The molecule has 1 amide bonds. The van der Waals surface area contributed by atoms with Crippen molar-refractivity contribution in [1.82, 2.24) is 9.88 Å². The number of benzene rings is 2. The van der Waals surface area contributed by atoms with Gasteiger partial charge < -0.3 is 14.6 Å². The molecule has 0 aliphatic carbocycles. The lowest BCUT2D eigenvalue weighted by atomic mass is 10.1. The zero-order valence-corrected chi connectivity index (χ0v) is 15.1. The number of fused-ring (bicyclic) bond motifs is 1. The van der Waals surface area contributed by atoms with E-state index >= 15 is 0 Å². The second-order valence-electron chi connectivity index (χ2n) is 6.85. The molecule has 0 saturated carbocycles. The fraction of sp³-hybridized carbons (Fsp3) is 0.273. The Kier molecular flexibility index (Phi) is 4.92. The van der Waals surface area contributed by atoms with Crippen LogP contribution < -0.4 is 0 Å². The number of carbonyl (C=O) groups excluding carboxylic acids is 2. The van der Waals surface area contributed by atoms with E-state index in [1.807, 2.05) is 54.6 Å². The van der Waals surface area contributed by atoms with Gasteiger partial charge in [0.15, 0.2) is 0 Å². The van der Waals surface area contributed by atoms with Crippen LogP contribution in [0.5, 0.6) is 0 Å². The number of para-hydroxylation sites is 1. The minimum Gasteiger partial charge on any atom is -0.443 e. The van der Waals surface area contributed by atoms with Gasteiger partial charge in [0.25, 0.3) is 5.91 Å². The predicted molar refractivity (Wildman–Crippen MR) is 103 cm³/mol. The number of rotatable bonds is 4. The molecule has 3 aromatic rings. The second-order valence-corrected chi connectivity index (χ2v) is 6.85. The van der Waals surface area contributed by atoms with E-state index in [2.05, 4.69) is 4.98 Å². The Labute approximate surface area is 157 Å². The van der Waals surface area contributed by atoms with Gasteiger partial charge in [0.1, 0.15) is 5.69 Å². The van der Waals surface area contributed by atoms with Crippen LogP contribution in [0.2, 0.25) is 0 Å². The van der Waals surface area contributed by atoms with Gasteiger partial charge in [-0.3, -0.25) is 4.79 Å². The van der Waals surface area contributed by atoms with Crippen molar-refractivity contribution in [2.24, 2.45) is 0 Å². The molecule has 1 aliphatic heterocycles. The summed E-state index contributed by atoms with van der Waals surface area (Å²) in [7, 11) is 0. The third-order valence-corrected chi connectivity index (χ3v) is 4.97. The Hall–Kier alpha value is -3.08. The van der Waals surface area contributed by atoms with Crippen molar-refractivity contribution < 1.29 is 14.3 Å². The molecule has 0 spiro atoms. The fourth-order valence-corrected chi connectivity index (χ4v) is 3.52. The first kappa shape index (κ1) is 17.3. The van der Waals surface area contributed by atoms with Crippen LogP contribution in [0.15, 0.2) is 60.7 Å². The normalized spacial score (nSPS) is 15.5. The molecule has 2 aromatic carbocycles. The first-order valence-corrected chi connectivity index (χ1v) is 9.35. The monoisotopic (exact) mass is 362 g/mol. The maximum atomic E-state index is 13.1. The number of amides is 1. The summed E-state index contributed by atoms with van der Waals surface area (Å²) >= 11 is 0. The molecule has 0 unspecified atom stereocenters. The number of hydrogen-bond acceptors (Lipinski definition) is 3. The van der Waals surface area contributed by atoms with E-state index in [9.17, 15) is 9.59 Å². The highest BCUT2D eigenvalue weighted by atomic mass is 16.5. The van der Waals surface area contributed by atoms with Crippen molar-refractivity contribution in [3.8, 4) is 0 Å². The maximum Gasteiger partial charge on any atom is 0.355 e. The number of likely N-dealkylation sites (tertiary alicyclic amines) is 1. The lowest BCUT2D eigenvalue weighted by molar-refractivity contribution is -0.142. The zero-order chi connectivity index (χ0) is 18.6. The van der Waals surface area contributed by atoms with Crippen LogP contribution in [0.1, 0.15) is 41.4 Å². The number of nitrogens with zero attached hydrogens (tertiary/aromatic N) is 1. The van der Waals surface area contributed by atoms with Crippen molar-refractivity contribution in [2.45, 2.75) is 25.4 Å². The van der Waals surface area contributed by atoms with E-state index in [0.29, 0.717) is 24.3 Å². The highest BCUT2D eigenvalue weighted by Crippen LogP contribution is 2.25. The van der Waals surface area contributed by atoms with Crippen molar-refractivity contribution >= 4 is 22.8 Å². The van der Waals surface area contributed by atoms with E-state index in [1.54, 1.807) is 11.0 Å². The van der Waals surface area contributed by atoms with Crippen LogP contribution in [0.25, 0.3) is 10.9 Å². The molecule has 2 heterocycles. The highest BCUT2D eigenvalue weighted by molar-refractivity contribution is 5.96. The lowest BCUT2D eigenvalue weighted by Crippen LogP contribution is -2.40. The molecule has 138 valence electrons. The Balaban J connectivity index is 1.60. The van der Waals surface area contributed by atoms with Crippen molar-refractivity contribution in [3.63, 3.8) is 0 Å². The van der Waals surface area contributed by atoms with Crippen molar-refractivity contribution in [1.29, 1.82) is 0 Å². The van der Waals surface area contributed by atoms with E-state index in [1.165, 1.54) is 0 Å². The Bertz CT molecular complexity index is 909. The molecule has 0 radical (unpaired) electrons. The topological polar surface area (TPSA) is 62.4 Å². The van der Waals surface area contributed by atoms with Crippen LogP contribution in [0.4, 0.5) is 0 Å². The van der Waals surface area contributed by atoms with Gasteiger partial charge in [-0.1, -0.05) is 48.5 Å². The minimum atomic E-state index is -0.928. The first-order valence-electron chi connectivity index (χ1n) is 9.35. The van der Waals surface area contributed by atoms with Crippen LogP contribution in [0.3, 0.4) is 0 Å². The van der Waals surface area contributed by atoms with Gasteiger partial charge in [0.2, 0.25) is 6.10 Å². The average molecular weight is 362 g/mol. The number of nitrogens with one attached hydrogen (secondary N) is 1. The van der Waals surface area contributed by atoms with E-state index in [0.717, 1.165) is 30.2 Å². The van der Waals surface area contributed by atoms with E-state index in [4.69, 9.17) is 4.74 Å². The molecule has 5 heteroatoms. The van der Waals surface area contributed by atoms with Crippen molar-refractivity contribution in [3.05, 3.63) is 71.9 Å². The van der Waals surface area contributed by atoms with Crippen LogP contribution in [-0.4, -0.2) is 34.8 Å². The molecule has 1 N–H and O–H groups in total. The predicted octanol–water partition coefficient (Wildman–Crippen LogP) is 4.08. The SMILES string of the molecule is O=C(O[C@H](C(=O)N1CCCCC1)c1ccccc1)c1cc2ccccc2[nH]1. The zero-order valence-electron chi connectivity index (χ0n) is 15.1. The number of piperidine rings is 1. The summed E-state index contributed by atoms with van der Waals surface area (Å²) in [6.07, 6.45) is 2.18. The number of H-pyrrole nitrogens is 1. The molecule has 4 rings (SSSR count). The number of ether oxygens (including phenoxy) is 1.